The van der Waals surface area contributed by atoms with Gasteiger partial charge in [0.2, 0.25) is 5.67 Å². The minimum absolute atomic E-state index is 0.0215. The molecule has 2 aromatic heterocycles. The van der Waals surface area contributed by atoms with Gasteiger partial charge in [0.1, 0.15) is 9.88 Å². The summed E-state index contributed by atoms with van der Waals surface area (Å²) in [6.45, 7) is 0.924. The Labute approximate surface area is 226 Å². The second kappa shape index (κ2) is 9.49. The molecule has 4 rings (SSSR count). The molecule has 1 fully saturated rings. The predicted molar refractivity (Wildman–Crippen MR) is 147 cm³/mol. The number of hydrogen-bond donors (Lipinski definition) is 1. The molecule has 0 aliphatic heterocycles. The molecular formula is C22H20Cl2F3N4OP3S. The predicted octanol–water partition coefficient (Wildman–Crippen LogP) is 6.79. The molecule has 0 radical (unpaired) electrons. The Bertz CT molecular complexity index is 1380. The van der Waals surface area contributed by atoms with Crippen molar-refractivity contribution in [2.45, 2.75) is 41.5 Å². The molecule has 2 heterocycles. The van der Waals surface area contributed by atoms with Gasteiger partial charge in [0.25, 0.3) is 5.91 Å². The summed E-state index contributed by atoms with van der Waals surface area (Å²) in [5.74, 6) is -0.427. The number of alkyl halides is 3. The Morgan fingerprint density at radius 3 is 2.44 bits per heavy atom. The normalized spacial score (nSPS) is 18.1. The van der Waals surface area contributed by atoms with Crippen LogP contribution in [0.3, 0.4) is 0 Å². The van der Waals surface area contributed by atoms with Crippen LogP contribution in [0.1, 0.15) is 35.7 Å². The van der Waals surface area contributed by atoms with Crippen LogP contribution >= 0.6 is 62.3 Å². The summed E-state index contributed by atoms with van der Waals surface area (Å²) in [4.78, 5) is 13.2. The van der Waals surface area contributed by atoms with Crippen LogP contribution in [0.5, 0.6) is 0 Å². The molecule has 1 amide bonds. The minimum Gasteiger partial charge on any atom is -0.334 e. The van der Waals surface area contributed by atoms with Crippen LogP contribution in [0.2, 0.25) is 9.36 Å². The molecule has 0 bridgehead atoms. The fourth-order valence-electron chi connectivity index (χ4n) is 3.71. The van der Waals surface area contributed by atoms with Crippen molar-refractivity contribution < 1.29 is 18.0 Å². The van der Waals surface area contributed by atoms with E-state index >= 15 is 4.39 Å². The lowest BCUT2D eigenvalue weighted by atomic mass is 9.91. The number of rotatable bonds is 7. The van der Waals surface area contributed by atoms with Gasteiger partial charge in [0, 0.05) is 16.6 Å². The lowest BCUT2D eigenvalue weighted by Crippen LogP contribution is -2.48. The zero-order valence-corrected chi connectivity index (χ0v) is 24.5. The highest BCUT2D eigenvalue weighted by molar-refractivity contribution is 7.39. The highest BCUT2D eigenvalue weighted by Gasteiger charge is 2.60. The zero-order chi connectivity index (χ0) is 26.7. The molecule has 1 aliphatic rings. The number of nitriles is 1. The van der Waals surface area contributed by atoms with Crippen molar-refractivity contribution in [3.63, 3.8) is 0 Å². The van der Waals surface area contributed by atoms with Gasteiger partial charge >= 0.3 is 0 Å². The second-order valence-corrected chi connectivity index (χ2v) is 14.3. The fraction of sp³-hybridized carbons (Fsp3) is 0.318. The number of aromatic nitrogens is 2. The molecule has 0 spiro atoms. The maximum atomic E-state index is 15.8. The van der Waals surface area contributed by atoms with Gasteiger partial charge in [-0.05, 0) is 43.5 Å². The molecule has 1 N–H and O–H groups in total. The molecule has 3 aromatic rings. The number of amides is 1. The van der Waals surface area contributed by atoms with Crippen molar-refractivity contribution >= 4 is 68.2 Å². The van der Waals surface area contributed by atoms with E-state index in [4.69, 9.17) is 23.2 Å². The van der Waals surface area contributed by atoms with Gasteiger partial charge in [0.15, 0.2) is 10.6 Å². The quantitative estimate of drug-likeness (QED) is 0.300. The van der Waals surface area contributed by atoms with E-state index in [2.05, 4.69) is 16.5 Å². The van der Waals surface area contributed by atoms with Crippen molar-refractivity contribution in [3.8, 4) is 22.2 Å². The molecular weight excluding hydrogens is 589 g/mol. The number of carbonyl (C=O) groups excluding carboxylic acids is 1. The summed E-state index contributed by atoms with van der Waals surface area (Å²) in [6.07, 6.45) is 4.36. The van der Waals surface area contributed by atoms with E-state index in [-0.39, 0.29) is 20.5 Å². The first kappa shape index (κ1) is 27.8. The number of thiophene rings is 1. The molecule has 36 heavy (non-hydrogen) atoms. The average Bonchev–Trinajstić information content (AvgIpc) is 3.19. The summed E-state index contributed by atoms with van der Waals surface area (Å²) in [7, 11) is 5.03. The third-order valence-electron chi connectivity index (χ3n) is 5.91. The highest BCUT2D eigenvalue weighted by atomic mass is 35.5. The van der Waals surface area contributed by atoms with E-state index in [0.717, 1.165) is 13.0 Å². The summed E-state index contributed by atoms with van der Waals surface area (Å²) in [5.41, 5.74) is -2.95. The summed E-state index contributed by atoms with van der Waals surface area (Å²) in [5, 5.41) is 10.9. The maximum absolute atomic E-state index is 15.8. The second-order valence-electron chi connectivity index (χ2n) is 8.79. The molecule has 1 aliphatic carbocycles. The first-order valence-electron chi connectivity index (χ1n) is 10.4. The minimum atomic E-state index is -3.06. The first-order valence-corrected chi connectivity index (χ1v) is 13.7. The van der Waals surface area contributed by atoms with E-state index in [0.29, 0.717) is 29.0 Å². The van der Waals surface area contributed by atoms with Gasteiger partial charge in [-0.15, -0.1) is 11.3 Å². The number of benzene rings is 1. The van der Waals surface area contributed by atoms with Crippen molar-refractivity contribution in [2.75, 3.05) is 0 Å². The Morgan fingerprint density at radius 1 is 1.25 bits per heavy atom. The number of nitrogens with one attached hydrogen (secondary N) is 1. The molecule has 190 valence electrons. The summed E-state index contributed by atoms with van der Waals surface area (Å²) in [6, 6.07) is 7.54. The van der Waals surface area contributed by atoms with Crippen molar-refractivity contribution in [1.29, 1.82) is 5.26 Å². The first-order chi connectivity index (χ1) is 16.6. The SMILES string of the molecule is CC(F)(P)C(F)(c1ccc(-n2cc(-c3cc(C(=O)NC4(C#N)CC4)c(Cl)s3)cn2)c(Cl)c1)C(F)(P)P. The van der Waals surface area contributed by atoms with Crippen LogP contribution in [-0.4, -0.2) is 31.8 Å². The number of hydrogen-bond acceptors (Lipinski definition) is 4. The van der Waals surface area contributed by atoms with E-state index in [1.54, 1.807) is 40.0 Å². The summed E-state index contributed by atoms with van der Waals surface area (Å²) >= 11 is 13.8. The topological polar surface area (TPSA) is 70.7 Å². The van der Waals surface area contributed by atoms with Crippen molar-refractivity contribution in [2.24, 2.45) is 0 Å². The largest absolute Gasteiger partial charge is 0.334 e. The van der Waals surface area contributed by atoms with Gasteiger partial charge in [-0.1, -0.05) is 57.0 Å². The molecule has 5 atom stereocenters. The van der Waals surface area contributed by atoms with Crippen LogP contribution in [0.15, 0.2) is 36.7 Å². The Balaban J connectivity index is 1.63. The van der Waals surface area contributed by atoms with E-state index in [9.17, 15) is 18.8 Å². The zero-order valence-electron chi connectivity index (χ0n) is 18.7. The third kappa shape index (κ3) is 4.94. The molecule has 1 saturated carbocycles. The van der Waals surface area contributed by atoms with Gasteiger partial charge in [-0.2, -0.15) is 10.4 Å². The van der Waals surface area contributed by atoms with Crippen LogP contribution in [0, 0.1) is 11.3 Å². The van der Waals surface area contributed by atoms with Crippen LogP contribution in [0.4, 0.5) is 13.2 Å². The van der Waals surface area contributed by atoms with Crippen LogP contribution in [0.25, 0.3) is 16.1 Å². The standard InChI is InChI=1S/C22H20Cl2F3N4OP3S/c1-19(25,33)21(26,22(27,34)35)12-2-3-15(14(23)6-12)31-9-11(8-29-31)16-7-13(17(24)36-16)18(32)30-20(10-28)4-5-20/h2-3,6-9H,4-5,33-35H2,1H3,(H,30,32). The number of nitrogens with zero attached hydrogens (tertiary/aromatic N) is 3. The molecule has 14 heteroatoms. The Morgan fingerprint density at radius 2 is 1.92 bits per heavy atom. The van der Waals surface area contributed by atoms with Gasteiger partial charge in [-0.25, -0.2) is 17.9 Å². The van der Waals surface area contributed by atoms with E-state index in [1.807, 2.05) is 0 Å². The van der Waals surface area contributed by atoms with E-state index in [1.165, 1.54) is 34.3 Å². The molecule has 5 unspecified atom stereocenters. The van der Waals surface area contributed by atoms with Crippen LogP contribution in [-0.2, 0) is 5.67 Å². The average molecular weight is 609 g/mol. The Kier molecular flexibility index (Phi) is 7.32. The number of carbonyl (C=O) groups is 1. The summed E-state index contributed by atoms with van der Waals surface area (Å²) < 4.78 is 47.0. The lowest BCUT2D eigenvalue weighted by Gasteiger charge is -2.41. The van der Waals surface area contributed by atoms with Crippen molar-refractivity contribution in [3.05, 3.63) is 57.1 Å². The number of halogens is 5. The molecule has 5 nitrogen and oxygen atoms in total. The third-order valence-corrected chi connectivity index (χ3v) is 8.81. The lowest BCUT2D eigenvalue weighted by molar-refractivity contribution is -0.0195. The molecule has 1 aromatic carbocycles. The monoisotopic (exact) mass is 608 g/mol. The van der Waals surface area contributed by atoms with Crippen molar-refractivity contribution in [1.82, 2.24) is 15.1 Å². The highest BCUT2D eigenvalue weighted by Crippen LogP contribution is 2.58. The van der Waals surface area contributed by atoms with Gasteiger partial charge < -0.3 is 5.32 Å². The fourth-order valence-corrected chi connectivity index (χ4v) is 6.84. The van der Waals surface area contributed by atoms with Gasteiger partial charge in [-0.3, -0.25) is 4.79 Å². The van der Waals surface area contributed by atoms with Gasteiger partial charge in [0.05, 0.1) is 28.5 Å². The molecule has 0 saturated heterocycles. The maximum Gasteiger partial charge on any atom is 0.254 e. The van der Waals surface area contributed by atoms with Crippen LogP contribution < -0.4 is 5.32 Å². The van der Waals surface area contributed by atoms with E-state index < -0.39 is 27.7 Å². The smallest absolute Gasteiger partial charge is 0.254 e. The Hall–Kier alpha value is -1.25.